The quantitative estimate of drug-likeness (QED) is 0.783. The molecular formula is C9H9Cl2N. The number of rotatable bonds is 2. The second kappa shape index (κ2) is 3.94. The summed E-state index contributed by atoms with van der Waals surface area (Å²) in [7, 11) is 0. The summed E-state index contributed by atoms with van der Waals surface area (Å²) in [6.07, 6.45) is 0. The Hall–Kier alpha value is -0.500. The van der Waals surface area contributed by atoms with Gasteiger partial charge in [0.2, 0.25) is 0 Å². The van der Waals surface area contributed by atoms with Gasteiger partial charge in [-0.05, 0) is 23.3 Å². The molecule has 2 N–H and O–H groups in total. The summed E-state index contributed by atoms with van der Waals surface area (Å²) in [5.74, 6) is 0. The zero-order valence-electron chi connectivity index (χ0n) is 6.48. The minimum absolute atomic E-state index is 0.429. The molecule has 0 radical (unpaired) electrons. The normalized spacial score (nSPS) is 9.92. The zero-order chi connectivity index (χ0) is 9.14. The maximum atomic E-state index is 5.80. The fourth-order valence-electron chi connectivity index (χ4n) is 0.834. The van der Waals surface area contributed by atoms with E-state index < -0.39 is 0 Å². The molecule has 12 heavy (non-hydrogen) atoms. The number of halogens is 2. The summed E-state index contributed by atoms with van der Waals surface area (Å²) in [5.41, 5.74) is 7.21. The van der Waals surface area contributed by atoms with Gasteiger partial charge in [-0.25, -0.2) is 0 Å². The Balaban J connectivity index is 3.05. The molecular weight excluding hydrogens is 193 g/mol. The van der Waals surface area contributed by atoms with E-state index in [4.69, 9.17) is 28.9 Å². The van der Waals surface area contributed by atoms with Crippen molar-refractivity contribution in [3.63, 3.8) is 0 Å². The van der Waals surface area contributed by atoms with Crippen molar-refractivity contribution in [2.75, 3.05) is 6.54 Å². The molecule has 0 aliphatic heterocycles. The van der Waals surface area contributed by atoms with Crippen molar-refractivity contribution >= 4 is 28.8 Å². The van der Waals surface area contributed by atoms with Crippen molar-refractivity contribution in [2.24, 2.45) is 5.73 Å². The van der Waals surface area contributed by atoms with Crippen LogP contribution in [0.4, 0.5) is 0 Å². The van der Waals surface area contributed by atoms with Gasteiger partial charge in [0.15, 0.2) is 0 Å². The lowest BCUT2D eigenvalue weighted by Crippen LogP contribution is -2.00. The van der Waals surface area contributed by atoms with Crippen LogP contribution in [0.1, 0.15) is 5.56 Å². The van der Waals surface area contributed by atoms with Gasteiger partial charge >= 0.3 is 0 Å². The molecule has 0 amide bonds. The molecule has 1 aromatic rings. The fraction of sp³-hybridized carbons (Fsp3) is 0.111. The third-order valence-electron chi connectivity index (χ3n) is 1.57. The summed E-state index contributed by atoms with van der Waals surface area (Å²) in [6.45, 7) is 4.22. The molecule has 0 spiro atoms. The van der Waals surface area contributed by atoms with E-state index in [9.17, 15) is 0 Å². The van der Waals surface area contributed by atoms with Gasteiger partial charge in [-0.2, -0.15) is 0 Å². The van der Waals surface area contributed by atoms with Crippen LogP contribution in [0.2, 0.25) is 10.0 Å². The van der Waals surface area contributed by atoms with Gasteiger partial charge in [-0.1, -0.05) is 35.8 Å². The summed E-state index contributed by atoms with van der Waals surface area (Å²) >= 11 is 11.5. The van der Waals surface area contributed by atoms with Crippen LogP contribution in [-0.4, -0.2) is 6.54 Å². The van der Waals surface area contributed by atoms with Crippen LogP contribution in [-0.2, 0) is 0 Å². The van der Waals surface area contributed by atoms with Crippen LogP contribution in [0, 0.1) is 0 Å². The standard InChI is InChI=1S/C9H9Cl2N/c1-6(5-12)7-2-3-8(10)9(11)4-7/h2-4H,1,5,12H2. The van der Waals surface area contributed by atoms with Gasteiger partial charge in [-0.3, -0.25) is 0 Å². The largest absolute Gasteiger partial charge is 0.326 e. The molecule has 1 rings (SSSR count). The monoisotopic (exact) mass is 201 g/mol. The van der Waals surface area contributed by atoms with E-state index in [0.29, 0.717) is 16.6 Å². The Kier molecular flexibility index (Phi) is 3.15. The minimum Gasteiger partial charge on any atom is -0.326 e. The average Bonchev–Trinajstić information content (AvgIpc) is 2.08. The maximum absolute atomic E-state index is 5.80. The van der Waals surface area contributed by atoms with E-state index in [1.165, 1.54) is 0 Å². The van der Waals surface area contributed by atoms with Crippen molar-refractivity contribution in [1.29, 1.82) is 0 Å². The summed E-state index contributed by atoms with van der Waals surface area (Å²) in [4.78, 5) is 0. The van der Waals surface area contributed by atoms with Crippen LogP contribution in [0.5, 0.6) is 0 Å². The third-order valence-corrected chi connectivity index (χ3v) is 2.31. The summed E-state index contributed by atoms with van der Waals surface area (Å²) < 4.78 is 0. The molecule has 0 saturated heterocycles. The lowest BCUT2D eigenvalue weighted by atomic mass is 10.1. The highest BCUT2D eigenvalue weighted by Crippen LogP contribution is 2.24. The highest BCUT2D eigenvalue weighted by Gasteiger charge is 2.00. The smallest absolute Gasteiger partial charge is 0.0598 e. The topological polar surface area (TPSA) is 26.0 Å². The third kappa shape index (κ3) is 2.01. The number of hydrogen-bond acceptors (Lipinski definition) is 1. The predicted octanol–water partition coefficient (Wildman–Crippen LogP) is 2.97. The van der Waals surface area contributed by atoms with Crippen molar-refractivity contribution in [3.05, 3.63) is 40.4 Å². The molecule has 1 nitrogen and oxygen atoms in total. The van der Waals surface area contributed by atoms with E-state index in [1.807, 2.05) is 6.07 Å². The summed E-state index contributed by atoms with van der Waals surface area (Å²) in [5, 5.41) is 1.08. The first-order valence-electron chi connectivity index (χ1n) is 3.48. The molecule has 0 aliphatic rings. The van der Waals surface area contributed by atoms with Crippen LogP contribution < -0.4 is 5.73 Å². The first-order chi connectivity index (χ1) is 5.65. The van der Waals surface area contributed by atoms with Gasteiger partial charge in [0.05, 0.1) is 10.0 Å². The summed E-state index contributed by atoms with van der Waals surface area (Å²) in [6, 6.07) is 5.35. The van der Waals surface area contributed by atoms with Crippen LogP contribution >= 0.6 is 23.2 Å². The highest BCUT2D eigenvalue weighted by atomic mass is 35.5. The second-order valence-corrected chi connectivity index (χ2v) is 3.25. The SMILES string of the molecule is C=C(CN)c1ccc(Cl)c(Cl)c1. The number of nitrogens with two attached hydrogens (primary N) is 1. The van der Waals surface area contributed by atoms with E-state index in [0.717, 1.165) is 11.1 Å². The maximum Gasteiger partial charge on any atom is 0.0598 e. The number of benzene rings is 1. The molecule has 3 heteroatoms. The van der Waals surface area contributed by atoms with Crippen molar-refractivity contribution in [2.45, 2.75) is 0 Å². The molecule has 0 aromatic heterocycles. The molecule has 0 unspecified atom stereocenters. The van der Waals surface area contributed by atoms with Crippen molar-refractivity contribution in [3.8, 4) is 0 Å². The molecule has 0 bridgehead atoms. The Morgan fingerprint density at radius 3 is 2.50 bits per heavy atom. The van der Waals surface area contributed by atoms with Gasteiger partial charge in [0.1, 0.15) is 0 Å². The Morgan fingerprint density at radius 2 is 2.00 bits per heavy atom. The number of hydrogen-bond donors (Lipinski definition) is 1. The van der Waals surface area contributed by atoms with Gasteiger partial charge in [0.25, 0.3) is 0 Å². The van der Waals surface area contributed by atoms with Crippen molar-refractivity contribution < 1.29 is 0 Å². The van der Waals surface area contributed by atoms with Crippen LogP contribution in [0.15, 0.2) is 24.8 Å². The highest BCUT2D eigenvalue weighted by molar-refractivity contribution is 6.42. The molecule has 0 atom stereocenters. The molecule has 0 aliphatic carbocycles. The average molecular weight is 202 g/mol. The second-order valence-electron chi connectivity index (χ2n) is 2.44. The Bertz CT molecular complexity index is 307. The molecule has 0 saturated carbocycles. The van der Waals surface area contributed by atoms with Gasteiger partial charge in [0, 0.05) is 6.54 Å². The Labute approximate surface area is 81.8 Å². The van der Waals surface area contributed by atoms with E-state index >= 15 is 0 Å². The minimum atomic E-state index is 0.429. The fourth-order valence-corrected chi connectivity index (χ4v) is 1.13. The zero-order valence-corrected chi connectivity index (χ0v) is 7.99. The van der Waals surface area contributed by atoms with E-state index in [1.54, 1.807) is 12.1 Å². The van der Waals surface area contributed by atoms with Gasteiger partial charge < -0.3 is 5.73 Å². The van der Waals surface area contributed by atoms with Crippen LogP contribution in [0.3, 0.4) is 0 Å². The van der Waals surface area contributed by atoms with Gasteiger partial charge in [-0.15, -0.1) is 0 Å². The predicted molar refractivity (Wildman–Crippen MR) is 54.6 cm³/mol. The van der Waals surface area contributed by atoms with E-state index in [2.05, 4.69) is 6.58 Å². The van der Waals surface area contributed by atoms with Crippen molar-refractivity contribution in [1.82, 2.24) is 0 Å². The first kappa shape index (κ1) is 9.59. The Morgan fingerprint density at radius 1 is 1.33 bits per heavy atom. The lowest BCUT2D eigenvalue weighted by Gasteiger charge is -2.03. The van der Waals surface area contributed by atoms with E-state index in [-0.39, 0.29) is 0 Å². The van der Waals surface area contributed by atoms with Crippen LogP contribution in [0.25, 0.3) is 5.57 Å². The first-order valence-corrected chi connectivity index (χ1v) is 4.24. The molecule has 1 aromatic carbocycles. The molecule has 64 valence electrons. The lowest BCUT2D eigenvalue weighted by molar-refractivity contribution is 1.27. The molecule has 0 heterocycles. The molecule has 0 fully saturated rings.